The monoisotopic (exact) mass is 523 g/mol. The number of aliphatic hydroxyl groups excluding tert-OH is 1. The van der Waals surface area contributed by atoms with E-state index in [9.17, 15) is 14.7 Å². The van der Waals surface area contributed by atoms with Crippen molar-refractivity contribution in [2.24, 2.45) is 17.8 Å². The van der Waals surface area contributed by atoms with E-state index in [1.165, 1.54) is 31.2 Å². The van der Waals surface area contributed by atoms with Crippen molar-refractivity contribution in [3.05, 3.63) is 48.0 Å². The molecule has 38 heavy (non-hydrogen) atoms. The molecule has 210 valence electrons. The van der Waals surface area contributed by atoms with E-state index >= 15 is 0 Å². The summed E-state index contributed by atoms with van der Waals surface area (Å²) in [6.07, 6.45) is 7.34. The number of amides is 2. The molecule has 6 nitrogen and oxygen atoms in total. The van der Waals surface area contributed by atoms with Gasteiger partial charge >= 0.3 is 0 Å². The number of nitrogens with one attached hydrogen (secondary N) is 1. The van der Waals surface area contributed by atoms with Gasteiger partial charge < -0.3 is 15.3 Å². The molecule has 1 aliphatic carbocycles. The van der Waals surface area contributed by atoms with E-state index in [4.69, 9.17) is 0 Å². The lowest BCUT2D eigenvalue weighted by Gasteiger charge is -2.46. The Labute approximate surface area is 229 Å². The molecule has 2 aliphatic heterocycles. The Bertz CT molecular complexity index is 972. The summed E-state index contributed by atoms with van der Waals surface area (Å²) in [5, 5.41) is 14.6. The molecule has 0 spiro atoms. The van der Waals surface area contributed by atoms with E-state index in [2.05, 4.69) is 28.9 Å². The van der Waals surface area contributed by atoms with Gasteiger partial charge in [-0.2, -0.15) is 0 Å². The summed E-state index contributed by atoms with van der Waals surface area (Å²) >= 11 is 0. The van der Waals surface area contributed by atoms with Crippen LogP contribution < -0.4 is 5.32 Å². The van der Waals surface area contributed by atoms with Crippen molar-refractivity contribution < 1.29 is 14.7 Å². The van der Waals surface area contributed by atoms with E-state index in [0.29, 0.717) is 31.3 Å². The summed E-state index contributed by atoms with van der Waals surface area (Å²) in [6, 6.07) is 10.1. The van der Waals surface area contributed by atoms with Crippen LogP contribution in [0, 0.1) is 17.8 Å². The number of rotatable bonds is 9. The second-order valence-corrected chi connectivity index (χ2v) is 13.3. The fourth-order valence-corrected chi connectivity index (χ4v) is 7.06. The minimum absolute atomic E-state index is 0.0629. The summed E-state index contributed by atoms with van der Waals surface area (Å²) in [4.78, 5) is 31.0. The molecular formula is C32H49N3O3. The molecule has 4 rings (SSSR count). The van der Waals surface area contributed by atoms with Crippen molar-refractivity contribution in [1.82, 2.24) is 15.1 Å². The van der Waals surface area contributed by atoms with Gasteiger partial charge in [0.1, 0.15) is 0 Å². The SMILES string of the molecule is C=C(C)CC1C[C@H](Cc2ccccc2)N(CC(O)CN2C[C@H]3CCCC[C@H]3CC2C(=O)NC(C)(C)C)C1=O. The van der Waals surface area contributed by atoms with Crippen LogP contribution in [-0.2, 0) is 16.0 Å². The van der Waals surface area contributed by atoms with Gasteiger partial charge in [0.15, 0.2) is 0 Å². The molecule has 3 fully saturated rings. The Hall–Kier alpha value is -2.18. The molecule has 0 radical (unpaired) electrons. The first kappa shape index (κ1) is 28.8. The number of aliphatic hydroxyl groups is 1. The summed E-state index contributed by atoms with van der Waals surface area (Å²) < 4.78 is 0. The Morgan fingerprint density at radius 3 is 2.45 bits per heavy atom. The second-order valence-electron chi connectivity index (χ2n) is 13.3. The number of hydrogen-bond acceptors (Lipinski definition) is 4. The Morgan fingerprint density at radius 1 is 1.11 bits per heavy atom. The largest absolute Gasteiger partial charge is 0.390 e. The fraction of sp³-hybridized carbons (Fsp3) is 0.688. The van der Waals surface area contributed by atoms with Crippen LogP contribution in [0.1, 0.15) is 78.2 Å². The molecule has 3 aliphatic rings. The lowest BCUT2D eigenvalue weighted by Crippen LogP contribution is -2.59. The van der Waals surface area contributed by atoms with Gasteiger partial charge in [-0.3, -0.25) is 14.5 Å². The number of allylic oxidation sites excluding steroid dienone is 1. The molecule has 1 aromatic carbocycles. The number of hydrogen-bond donors (Lipinski definition) is 2. The van der Waals surface area contributed by atoms with Crippen molar-refractivity contribution in [3.63, 3.8) is 0 Å². The number of likely N-dealkylation sites (tertiary alicyclic amines) is 2. The zero-order chi connectivity index (χ0) is 27.4. The van der Waals surface area contributed by atoms with Crippen molar-refractivity contribution in [1.29, 1.82) is 0 Å². The van der Waals surface area contributed by atoms with Crippen molar-refractivity contribution in [3.8, 4) is 0 Å². The number of β-amino-alcohol motifs (C(OH)–C–C–N with tert-alkyl or cyclic N) is 1. The van der Waals surface area contributed by atoms with Crippen LogP contribution >= 0.6 is 0 Å². The molecule has 2 heterocycles. The smallest absolute Gasteiger partial charge is 0.237 e. The zero-order valence-electron chi connectivity index (χ0n) is 24.0. The van der Waals surface area contributed by atoms with Gasteiger partial charge in [-0.25, -0.2) is 0 Å². The first-order chi connectivity index (χ1) is 18.0. The van der Waals surface area contributed by atoms with Crippen molar-refractivity contribution >= 4 is 11.8 Å². The highest BCUT2D eigenvalue weighted by atomic mass is 16.3. The van der Waals surface area contributed by atoms with E-state index in [0.717, 1.165) is 31.4 Å². The average molecular weight is 524 g/mol. The van der Waals surface area contributed by atoms with Crippen LogP contribution in [0.25, 0.3) is 0 Å². The average Bonchev–Trinajstić information content (AvgIpc) is 3.11. The first-order valence-corrected chi connectivity index (χ1v) is 14.7. The van der Waals surface area contributed by atoms with Gasteiger partial charge in [0.2, 0.25) is 11.8 Å². The first-order valence-electron chi connectivity index (χ1n) is 14.7. The lowest BCUT2D eigenvalue weighted by atomic mass is 9.72. The van der Waals surface area contributed by atoms with Gasteiger partial charge in [0.05, 0.1) is 12.1 Å². The van der Waals surface area contributed by atoms with Crippen molar-refractivity contribution in [2.45, 2.75) is 103 Å². The molecule has 1 aromatic rings. The minimum Gasteiger partial charge on any atom is -0.390 e. The van der Waals surface area contributed by atoms with Gasteiger partial charge in [-0.1, -0.05) is 55.2 Å². The quantitative estimate of drug-likeness (QED) is 0.465. The summed E-state index contributed by atoms with van der Waals surface area (Å²) in [5.41, 5.74) is 1.93. The van der Waals surface area contributed by atoms with E-state index < -0.39 is 6.10 Å². The highest BCUT2D eigenvalue weighted by Crippen LogP contribution is 2.39. The molecule has 2 N–H and O–H groups in total. The third-order valence-corrected chi connectivity index (χ3v) is 8.69. The summed E-state index contributed by atoms with van der Waals surface area (Å²) in [5.74, 6) is 1.30. The van der Waals surface area contributed by atoms with Crippen LogP contribution in [0.5, 0.6) is 0 Å². The third-order valence-electron chi connectivity index (χ3n) is 8.69. The maximum absolute atomic E-state index is 13.5. The Morgan fingerprint density at radius 2 is 1.79 bits per heavy atom. The number of piperidine rings is 1. The van der Waals surface area contributed by atoms with Crippen LogP contribution in [0.15, 0.2) is 42.5 Å². The van der Waals surface area contributed by atoms with Crippen LogP contribution in [0.3, 0.4) is 0 Å². The van der Waals surface area contributed by atoms with E-state index in [1.807, 2.05) is 50.8 Å². The van der Waals surface area contributed by atoms with Gasteiger partial charge in [0.25, 0.3) is 0 Å². The molecule has 0 aromatic heterocycles. The number of fused-ring (bicyclic) bond motifs is 1. The molecule has 2 amide bonds. The standard InChI is InChI=1S/C32H49N3O3/c1-22(2)15-26-17-27(16-23-11-7-6-8-12-23)35(31(26)38)21-28(36)20-34-19-25-14-10-9-13-24(25)18-29(34)30(37)33-32(3,4)5/h6-8,11-12,24-29,36H,1,9-10,13-21H2,2-5H3,(H,33,37)/t24-,25+,26?,27-,28?,29?/m0/s1. The maximum atomic E-state index is 13.5. The maximum Gasteiger partial charge on any atom is 0.237 e. The molecule has 6 atom stereocenters. The molecule has 0 bridgehead atoms. The van der Waals surface area contributed by atoms with Gasteiger partial charge in [-0.15, -0.1) is 6.58 Å². The number of nitrogens with zero attached hydrogens (tertiary/aromatic N) is 2. The number of carbonyl (C=O) groups excluding carboxylic acids is 2. The van der Waals surface area contributed by atoms with E-state index in [-0.39, 0.29) is 35.4 Å². The van der Waals surface area contributed by atoms with Gasteiger partial charge in [0, 0.05) is 37.1 Å². The molecule has 1 saturated carbocycles. The Balaban J connectivity index is 1.47. The van der Waals surface area contributed by atoms with Gasteiger partial charge in [-0.05, 0) is 77.2 Å². The number of carbonyl (C=O) groups is 2. The fourth-order valence-electron chi connectivity index (χ4n) is 7.06. The predicted molar refractivity (Wildman–Crippen MR) is 153 cm³/mol. The second kappa shape index (κ2) is 12.3. The zero-order valence-corrected chi connectivity index (χ0v) is 24.0. The lowest BCUT2D eigenvalue weighted by molar-refractivity contribution is -0.136. The molecule has 2 saturated heterocycles. The van der Waals surface area contributed by atoms with Crippen LogP contribution in [-0.4, -0.2) is 70.1 Å². The van der Waals surface area contributed by atoms with Crippen molar-refractivity contribution in [2.75, 3.05) is 19.6 Å². The topological polar surface area (TPSA) is 72.9 Å². The highest BCUT2D eigenvalue weighted by molar-refractivity contribution is 5.83. The summed E-state index contributed by atoms with van der Waals surface area (Å²) in [6.45, 7) is 13.6. The highest BCUT2D eigenvalue weighted by Gasteiger charge is 2.43. The predicted octanol–water partition coefficient (Wildman–Crippen LogP) is 4.57. The normalized spacial score (nSPS) is 29.1. The third kappa shape index (κ3) is 7.47. The van der Waals surface area contributed by atoms with Crippen LogP contribution in [0.2, 0.25) is 0 Å². The van der Waals surface area contributed by atoms with Crippen LogP contribution in [0.4, 0.5) is 0 Å². The molecular weight excluding hydrogens is 474 g/mol. The minimum atomic E-state index is -0.703. The summed E-state index contributed by atoms with van der Waals surface area (Å²) in [7, 11) is 0. The Kier molecular flexibility index (Phi) is 9.36. The molecule has 3 unspecified atom stereocenters. The molecule has 6 heteroatoms. The van der Waals surface area contributed by atoms with E-state index in [1.54, 1.807) is 0 Å². The number of benzene rings is 1.